The van der Waals surface area contributed by atoms with E-state index in [4.69, 9.17) is 5.11 Å². The minimum Gasteiger partial charge on any atom is -0.481 e. The van der Waals surface area contributed by atoms with E-state index in [1.807, 2.05) is 6.20 Å². The first-order valence-electron chi connectivity index (χ1n) is 5.77. The number of carbonyl (C=O) groups is 2. The number of halogens is 1. The van der Waals surface area contributed by atoms with Crippen LogP contribution in [0.4, 0.5) is 0 Å². The summed E-state index contributed by atoms with van der Waals surface area (Å²) in [6.45, 7) is 2.29. The van der Waals surface area contributed by atoms with Gasteiger partial charge in [-0.15, -0.1) is 0 Å². The molecule has 0 bridgehead atoms. The molecule has 0 aromatic carbocycles. The van der Waals surface area contributed by atoms with E-state index in [9.17, 15) is 9.59 Å². The van der Waals surface area contributed by atoms with Crippen LogP contribution >= 0.6 is 15.9 Å². The number of aliphatic carboxylic acids is 1. The van der Waals surface area contributed by atoms with E-state index >= 15 is 0 Å². The minimum atomic E-state index is -0.828. The van der Waals surface area contributed by atoms with Crippen LogP contribution in [0.15, 0.2) is 16.7 Å². The Morgan fingerprint density at radius 3 is 2.61 bits per heavy atom. The van der Waals surface area contributed by atoms with Gasteiger partial charge in [0, 0.05) is 30.3 Å². The molecule has 1 aliphatic rings. The van der Waals surface area contributed by atoms with Gasteiger partial charge in [0.2, 0.25) is 0 Å². The Morgan fingerprint density at radius 2 is 2.17 bits per heavy atom. The number of carboxylic acid groups (broad SMARTS) is 1. The number of carbonyl (C=O) groups excluding carboxylic acids is 1. The first-order valence-corrected chi connectivity index (χ1v) is 6.56. The SMILES string of the molecule is CC1C(C(=O)O)CCN1C(=O)c1cc(Br)cn1C. The van der Waals surface area contributed by atoms with Gasteiger partial charge in [0.1, 0.15) is 5.69 Å². The Morgan fingerprint density at radius 1 is 1.50 bits per heavy atom. The van der Waals surface area contributed by atoms with Crippen molar-refractivity contribution >= 4 is 27.8 Å². The van der Waals surface area contributed by atoms with Crippen LogP contribution in [-0.4, -0.2) is 39.0 Å². The van der Waals surface area contributed by atoms with Crippen molar-refractivity contribution in [1.29, 1.82) is 0 Å². The number of amides is 1. The van der Waals surface area contributed by atoms with Gasteiger partial charge in [0.15, 0.2) is 0 Å². The quantitative estimate of drug-likeness (QED) is 0.904. The highest BCUT2D eigenvalue weighted by Crippen LogP contribution is 2.26. The Kier molecular flexibility index (Phi) is 3.47. The Labute approximate surface area is 114 Å². The number of hydrogen-bond donors (Lipinski definition) is 1. The van der Waals surface area contributed by atoms with Crippen LogP contribution in [0.5, 0.6) is 0 Å². The summed E-state index contributed by atoms with van der Waals surface area (Å²) in [5, 5.41) is 9.06. The van der Waals surface area contributed by atoms with E-state index in [1.54, 1.807) is 29.5 Å². The normalized spacial score (nSPS) is 23.4. The van der Waals surface area contributed by atoms with Crippen molar-refractivity contribution in [3.63, 3.8) is 0 Å². The molecule has 1 N–H and O–H groups in total. The van der Waals surface area contributed by atoms with E-state index in [0.717, 1.165) is 4.47 Å². The molecular formula is C12H15BrN2O3. The molecular weight excluding hydrogens is 300 g/mol. The second-order valence-corrected chi connectivity index (χ2v) is 5.54. The molecule has 1 aliphatic heterocycles. The summed E-state index contributed by atoms with van der Waals surface area (Å²) in [6, 6.07) is 1.49. The maximum absolute atomic E-state index is 12.4. The molecule has 98 valence electrons. The second kappa shape index (κ2) is 4.76. The maximum atomic E-state index is 12.4. The fraction of sp³-hybridized carbons (Fsp3) is 0.500. The fourth-order valence-corrected chi connectivity index (χ4v) is 2.96. The average Bonchev–Trinajstić information content (AvgIpc) is 2.81. The highest BCUT2D eigenvalue weighted by atomic mass is 79.9. The number of nitrogens with zero attached hydrogens (tertiary/aromatic N) is 2. The number of aryl methyl sites for hydroxylation is 1. The molecule has 5 nitrogen and oxygen atoms in total. The molecule has 2 rings (SSSR count). The Balaban J connectivity index is 2.21. The standard InChI is InChI=1S/C12H15BrN2O3/c1-7-9(12(17)18)3-4-15(7)11(16)10-5-8(13)6-14(10)2/h5-7,9H,3-4H2,1-2H3,(H,17,18). The molecule has 1 aromatic heterocycles. The van der Waals surface area contributed by atoms with Crippen LogP contribution < -0.4 is 0 Å². The summed E-state index contributed by atoms with van der Waals surface area (Å²) in [7, 11) is 1.80. The van der Waals surface area contributed by atoms with Crippen molar-refractivity contribution in [3.8, 4) is 0 Å². The lowest BCUT2D eigenvalue weighted by atomic mass is 10.0. The molecule has 2 heterocycles. The molecule has 0 radical (unpaired) electrons. The third-order valence-corrected chi connectivity index (χ3v) is 3.96. The fourth-order valence-electron chi connectivity index (χ4n) is 2.44. The Bertz CT molecular complexity index is 498. The van der Waals surface area contributed by atoms with Gasteiger partial charge in [0.25, 0.3) is 5.91 Å². The third kappa shape index (κ3) is 2.16. The van der Waals surface area contributed by atoms with Gasteiger partial charge >= 0.3 is 5.97 Å². The van der Waals surface area contributed by atoms with Crippen LogP contribution in [0.1, 0.15) is 23.8 Å². The summed E-state index contributed by atoms with van der Waals surface area (Å²) in [5.41, 5.74) is 0.569. The van der Waals surface area contributed by atoms with Crippen LogP contribution in [0.2, 0.25) is 0 Å². The predicted octanol–water partition coefficient (Wildman–Crippen LogP) is 1.72. The molecule has 2 atom stereocenters. The van der Waals surface area contributed by atoms with Crippen molar-refractivity contribution in [2.24, 2.45) is 13.0 Å². The summed E-state index contributed by atoms with van der Waals surface area (Å²) >= 11 is 3.32. The van der Waals surface area contributed by atoms with E-state index in [0.29, 0.717) is 18.7 Å². The number of hydrogen-bond acceptors (Lipinski definition) is 2. The predicted molar refractivity (Wildman–Crippen MR) is 69.4 cm³/mol. The lowest BCUT2D eigenvalue weighted by Crippen LogP contribution is -2.38. The molecule has 0 spiro atoms. The van der Waals surface area contributed by atoms with E-state index in [-0.39, 0.29) is 11.9 Å². The molecule has 1 fully saturated rings. The third-order valence-electron chi connectivity index (χ3n) is 3.52. The van der Waals surface area contributed by atoms with Crippen molar-refractivity contribution in [2.45, 2.75) is 19.4 Å². The van der Waals surface area contributed by atoms with Gasteiger partial charge in [0.05, 0.1) is 5.92 Å². The lowest BCUT2D eigenvalue weighted by Gasteiger charge is -2.23. The van der Waals surface area contributed by atoms with E-state index in [2.05, 4.69) is 15.9 Å². The van der Waals surface area contributed by atoms with Crippen molar-refractivity contribution in [3.05, 3.63) is 22.4 Å². The zero-order chi connectivity index (χ0) is 13.4. The average molecular weight is 315 g/mol. The minimum absolute atomic E-state index is 0.112. The zero-order valence-corrected chi connectivity index (χ0v) is 11.8. The van der Waals surface area contributed by atoms with Crippen molar-refractivity contribution in [2.75, 3.05) is 6.54 Å². The molecule has 6 heteroatoms. The van der Waals surface area contributed by atoms with E-state index < -0.39 is 11.9 Å². The van der Waals surface area contributed by atoms with Gasteiger partial charge in [-0.3, -0.25) is 9.59 Å². The first kappa shape index (κ1) is 13.1. The number of rotatable bonds is 2. The molecule has 2 unspecified atom stereocenters. The molecule has 1 amide bonds. The monoisotopic (exact) mass is 314 g/mol. The summed E-state index contributed by atoms with van der Waals surface area (Å²) in [5.74, 6) is -1.40. The van der Waals surface area contributed by atoms with Gasteiger partial charge in [-0.1, -0.05) is 0 Å². The molecule has 18 heavy (non-hydrogen) atoms. The van der Waals surface area contributed by atoms with Crippen LogP contribution in [-0.2, 0) is 11.8 Å². The summed E-state index contributed by atoms with van der Waals surface area (Å²) in [6.07, 6.45) is 2.33. The second-order valence-electron chi connectivity index (χ2n) is 4.63. The summed E-state index contributed by atoms with van der Waals surface area (Å²) < 4.78 is 2.59. The number of aromatic nitrogens is 1. The summed E-state index contributed by atoms with van der Waals surface area (Å²) in [4.78, 5) is 25.0. The molecule has 0 saturated carbocycles. The van der Waals surface area contributed by atoms with Gasteiger partial charge < -0.3 is 14.6 Å². The number of carboxylic acids is 1. The zero-order valence-electron chi connectivity index (χ0n) is 10.3. The highest BCUT2D eigenvalue weighted by molar-refractivity contribution is 9.10. The maximum Gasteiger partial charge on any atom is 0.308 e. The molecule has 1 saturated heterocycles. The van der Waals surface area contributed by atoms with Gasteiger partial charge in [-0.05, 0) is 35.3 Å². The number of likely N-dealkylation sites (tertiary alicyclic amines) is 1. The van der Waals surface area contributed by atoms with Gasteiger partial charge in [-0.25, -0.2) is 0 Å². The van der Waals surface area contributed by atoms with E-state index in [1.165, 1.54) is 0 Å². The first-order chi connectivity index (χ1) is 8.41. The van der Waals surface area contributed by atoms with Gasteiger partial charge in [-0.2, -0.15) is 0 Å². The largest absolute Gasteiger partial charge is 0.481 e. The van der Waals surface area contributed by atoms with Crippen LogP contribution in [0.25, 0.3) is 0 Å². The Hall–Kier alpha value is -1.30. The van der Waals surface area contributed by atoms with Crippen molar-refractivity contribution in [1.82, 2.24) is 9.47 Å². The van der Waals surface area contributed by atoms with Crippen molar-refractivity contribution < 1.29 is 14.7 Å². The highest BCUT2D eigenvalue weighted by Gasteiger charge is 2.38. The van der Waals surface area contributed by atoms with Crippen LogP contribution in [0, 0.1) is 5.92 Å². The topological polar surface area (TPSA) is 62.5 Å². The smallest absolute Gasteiger partial charge is 0.308 e. The molecule has 0 aliphatic carbocycles. The lowest BCUT2D eigenvalue weighted by molar-refractivity contribution is -0.142. The molecule has 1 aromatic rings. The van der Waals surface area contributed by atoms with Crippen LogP contribution in [0.3, 0.4) is 0 Å².